The SMILES string of the molecule is CS(=O)(=O)c1ccc(N2N=C(c3ccc(NC(=O)Nc4ccccc4)cc3)CC2c2ccc(Br)cc2)cc1. The summed E-state index contributed by atoms with van der Waals surface area (Å²) in [4.78, 5) is 12.6. The van der Waals surface area contributed by atoms with Crippen molar-refractivity contribution in [1.82, 2.24) is 0 Å². The van der Waals surface area contributed by atoms with E-state index in [1.165, 1.54) is 6.26 Å². The molecule has 192 valence electrons. The van der Waals surface area contributed by atoms with E-state index < -0.39 is 9.84 Å². The number of hydrogen-bond acceptors (Lipinski definition) is 5. The van der Waals surface area contributed by atoms with Gasteiger partial charge in [-0.15, -0.1) is 0 Å². The molecule has 7 nitrogen and oxygen atoms in total. The van der Waals surface area contributed by atoms with Crippen molar-refractivity contribution >= 4 is 54.6 Å². The summed E-state index contributed by atoms with van der Waals surface area (Å²) < 4.78 is 24.9. The fourth-order valence-electron chi connectivity index (χ4n) is 4.27. The van der Waals surface area contributed by atoms with Crippen molar-refractivity contribution in [3.05, 3.63) is 119 Å². The van der Waals surface area contributed by atoms with Crippen LogP contribution < -0.4 is 15.6 Å². The monoisotopic (exact) mass is 588 g/mol. The second-order valence-electron chi connectivity index (χ2n) is 8.95. The zero-order chi connectivity index (χ0) is 26.7. The first-order valence-electron chi connectivity index (χ1n) is 11.9. The van der Waals surface area contributed by atoms with Crippen molar-refractivity contribution in [3.8, 4) is 0 Å². The summed E-state index contributed by atoms with van der Waals surface area (Å²) in [5.41, 5.74) is 5.11. The Morgan fingerprint density at radius 2 is 1.45 bits per heavy atom. The molecule has 2 amide bonds. The van der Waals surface area contributed by atoms with Crippen molar-refractivity contribution in [2.45, 2.75) is 17.4 Å². The first-order chi connectivity index (χ1) is 18.3. The third-order valence-electron chi connectivity index (χ3n) is 6.20. The van der Waals surface area contributed by atoms with Gasteiger partial charge in [0, 0.05) is 28.5 Å². The number of rotatable bonds is 6. The number of carbonyl (C=O) groups is 1. The number of nitrogens with zero attached hydrogens (tertiary/aromatic N) is 2. The van der Waals surface area contributed by atoms with Crippen LogP contribution >= 0.6 is 15.9 Å². The van der Waals surface area contributed by atoms with Crippen LogP contribution in [0.2, 0.25) is 0 Å². The molecule has 1 atom stereocenters. The number of urea groups is 1. The Hall–Kier alpha value is -3.95. The van der Waals surface area contributed by atoms with Crippen LogP contribution in [0.3, 0.4) is 0 Å². The van der Waals surface area contributed by atoms with Gasteiger partial charge in [0.25, 0.3) is 0 Å². The molecular weight excluding hydrogens is 564 g/mol. The molecule has 1 aliphatic rings. The zero-order valence-electron chi connectivity index (χ0n) is 20.5. The smallest absolute Gasteiger partial charge is 0.308 e. The molecule has 1 unspecified atom stereocenters. The summed E-state index contributed by atoms with van der Waals surface area (Å²) in [6, 6.07) is 31.3. The maximum absolute atomic E-state index is 12.3. The lowest BCUT2D eigenvalue weighted by Gasteiger charge is -2.24. The van der Waals surface area contributed by atoms with Crippen LogP contribution in [-0.4, -0.2) is 26.4 Å². The number of carbonyl (C=O) groups excluding carboxylic acids is 1. The van der Waals surface area contributed by atoms with Gasteiger partial charge in [0.05, 0.1) is 22.3 Å². The average molecular weight is 590 g/mol. The van der Waals surface area contributed by atoms with Crippen LogP contribution in [0, 0.1) is 0 Å². The molecule has 5 rings (SSSR count). The van der Waals surface area contributed by atoms with Gasteiger partial charge in [-0.05, 0) is 71.8 Å². The van der Waals surface area contributed by atoms with E-state index >= 15 is 0 Å². The number of hydrazone groups is 1. The second kappa shape index (κ2) is 10.8. The number of anilines is 3. The van der Waals surface area contributed by atoms with Crippen molar-refractivity contribution < 1.29 is 13.2 Å². The molecule has 1 heterocycles. The van der Waals surface area contributed by atoms with Gasteiger partial charge in [-0.3, -0.25) is 5.01 Å². The molecule has 38 heavy (non-hydrogen) atoms. The molecule has 0 saturated heterocycles. The van der Waals surface area contributed by atoms with Crippen molar-refractivity contribution in [2.24, 2.45) is 5.10 Å². The summed E-state index contributed by atoms with van der Waals surface area (Å²) in [7, 11) is -3.29. The minimum Gasteiger partial charge on any atom is -0.308 e. The molecule has 4 aromatic rings. The third kappa shape index (κ3) is 5.95. The molecule has 0 aliphatic carbocycles. The Morgan fingerprint density at radius 3 is 2.05 bits per heavy atom. The predicted molar refractivity (Wildman–Crippen MR) is 156 cm³/mol. The highest BCUT2D eigenvalue weighted by molar-refractivity contribution is 9.10. The fourth-order valence-corrected chi connectivity index (χ4v) is 5.17. The van der Waals surface area contributed by atoms with E-state index in [0.29, 0.717) is 17.8 Å². The van der Waals surface area contributed by atoms with Gasteiger partial charge in [-0.2, -0.15) is 5.10 Å². The minimum absolute atomic E-state index is 0.0587. The predicted octanol–water partition coefficient (Wildman–Crippen LogP) is 6.85. The van der Waals surface area contributed by atoms with Crippen LogP contribution in [-0.2, 0) is 9.84 Å². The van der Waals surface area contributed by atoms with Crippen LogP contribution in [0.1, 0.15) is 23.6 Å². The lowest BCUT2D eigenvalue weighted by Crippen LogP contribution is -2.19. The van der Waals surface area contributed by atoms with Crippen LogP contribution in [0.25, 0.3) is 0 Å². The summed E-state index contributed by atoms with van der Waals surface area (Å²) in [5, 5.41) is 12.5. The summed E-state index contributed by atoms with van der Waals surface area (Å²) in [6.45, 7) is 0. The van der Waals surface area contributed by atoms with Crippen LogP contribution in [0.15, 0.2) is 118 Å². The van der Waals surface area contributed by atoms with Crippen molar-refractivity contribution in [3.63, 3.8) is 0 Å². The molecule has 0 radical (unpaired) electrons. The number of benzene rings is 4. The first-order valence-corrected chi connectivity index (χ1v) is 14.6. The standard InChI is InChI=1S/C29H25BrN4O3S/c1-38(36,37)26-17-15-25(16-18-26)34-28(21-7-11-22(30)12-8-21)19-27(33-34)20-9-13-24(14-10-20)32-29(35)31-23-5-3-2-4-6-23/h2-18,28H,19H2,1H3,(H2,31,32,35). The molecule has 0 aromatic heterocycles. The Morgan fingerprint density at radius 1 is 0.842 bits per heavy atom. The number of hydrogen-bond donors (Lipinski definition) is 2. The Bertz CT molecular complexity index is 1570. The Labute approximate surface area is 230 Å². The molecule has 1 aliphatic heterocycles. The molecule has 2 N–H and O–H groups in total. The van der Waals surface area contributed by atoms with E-state index in [1.807, 2.05) is 71.7 Å². The Balaban J connectivity index is 1.38. The van der Waals surface area contributed by atoms with E-state index in [1.54, 1.807) is 24.3 Å². The Kier molecular flexibility index (Phi) is 7.31. The number of sulfone groups is 1. The van der Waals surface area contributed by atoms with Crippen molar-refractivity contribution in [1.29, 1.82) is 0 Å². The summed E-state index contributed by atoms with van der Waals surface area (Å²) in [6.07, 6.45) is 1.86. The maximum atomic E-state index is 12.3. The topological polar surface area (TPSA) is 90.9 Å². The summed E-state index contributed by atoms with van der Waals surface area (Å²) >= 11 is 3.50. The first kappa shape index (κ1) is 25.7. The number of nitrogens with one attached hydrogen (secondary N) is 2. The maximum Gasteiger partial charge on any atom is 0.323 e. The van der Waals surface area contributed by atoms with Gasteiger partial charge in [0.2, 0.25) is 0 Å². The fraction of sp³-hybridized carbons (Fsp3) is 0.103. The average Bonchev–Trinajstić information content (AvgIpc) is 3.35. The molecular formula is C29H25BrN4O3S. The van der Waals surface area contributed by atoms with E-state index in [2.05, 4.69) is 38.7 Å². The lowest BCUT2D eigenvalue weighted by molar-refractivity contribution is 0.262. The molecule has 0 spiro atoms. The largest absolute Gasteiger partial charge is 0.323 e. The molecule has 0 fully saturated rings. The van der Waals surface area contributed by atoms with E-state index in [0.717, 1.165) is 27.0 Å². The lowest BCUT2D eigenvalue weighted by atomic mass is 9.98. The van der Waals surface area contributed by atoms with Gasteiger partial charge in [0.1, 0.15) is 0 Å². The highest BCUT2D eigenvalue weighted by atomic mass is 79.9. The quantitative estimate of drug-likeness (QED) is 0.257. The molecule has 9 heteroatoms. The van der Waals surface area contributed by atoms with Crippen molar-refractivity contribution in [2.75, 3.05) is 21.9 Å². The minimum atomic E-state index is -3.29. The summed E-state index contributed by atoms with van der Waals surface area (Å²) in [5.74, 6) is 0. The van der Waals surface area contributed by atoms with Gasteiger partial charge in [0.15, 0.2) is 9.84 Å². The van der Waals surface area contributed by atoms with Crippen LogP contribution in [0.4, 0.5) is 21.9 Å². The van der Waals surface area contributed by atoms with E-state index in [9.17, 15) is 13.2 Å². The van der Waals surface area contributed by atoms with E-state index in [4.69, 9.17) is 5.10 Å². The zero-order valence-corrected chi connectivity index (χ0v) is 22.9. The van der Waals surface area contributed by atoms with Gasteiger partial charge >= 0.3 is 6.03 Å². The van der Waals surface area contributed by atoms with Gasteiger partial charge < -0.3 is 10.6 Å². The number of para-hydroxylation sites is 1. The molecule has 0 saturated carbocycles. The number of halogens is 1. The molecule has 4 aromatic carbocycles. The normalized spacial score (nSPS) is 15.2. The third-order valence-corrected chi connectivity index (χ3v) is 7.86. The number of amides is 2. The highest BCUT2D eigenvalue weighted by Gasteiger charge is 2.30. The second-order valence-corrected chi connectivity index (χ2v) is 11.9. The van der Waals surface area contributed by atoms with Gasteiger partial charge in [-0.1, -0.05) is 58.4 Å². The van der Waals surface area contributed by atoms with Crippen LogP contribution in [0.5, 0.6) is 0 Å². The highest BCUT2D eigenvalue weighted by Crippen LogP contribution is 2.37. The van der Waals surface area contributed by atoms with Gasteiger partial charge in [-0.25, -0.2) is 13.2 Å². The molecule has 0 bridgehead atoms. The van der Waals surface area contributed by atoms with E-state index in [-0.39, 0.29) is 17.0 Å².